The molecule has 0 bridgehead atoms. The van der Waals surface area contributed by atoms with Gasteiger partial charge in [-0.15, -0.1) is 0 Å². The molecule has 0 atom stereocenters. The average molecular weight is 390 g/mol. The number of anilines is 1. The minimum atomic E-state index is -3.81. The van der Waals surface area contributed by atoms with E-state index in [0.717, 1.165) is 5.56 Å². The Morgan fingerprint density at radius 2 is 2.00 bits per heavy atom. The molecule has 1 N–H and O–H groups in total. The van der Waals surface area contributed by atoms with Gasteiger partial charge in [0.25, 0.3) is 15.9 Å². The van der Waals surface area contributed by atoms with Crippen LogP contribution in [0.3, 0.4) is 0 Å². The molecule has 1 aliphatic rings. The van der Waals surface area contributed by atoms with Crippen LogP contribution in [0.15, 0.2) is 41.3 Å². The van der Waals surface area contributed by atoms with E-state index in [9.17, 15) is 13.2 Å². The number of sulfonamides is 1. The van der Waals surface area contributed by atoms with Gasteiger partial charge in [-0.3, -0.25) is 9.52 Å². The van der Waals surface area contributed by atoms with Gasteiger partial charge < -0.3 is 14.4 Å². The van der Waals surface area contributed by atoms with Crippen LogP contribution in [0.4, 0.5) is 5.69 Å². The van der Waals surface area contributed by atoms with Gasteiger partial charge in [-0.05, 0) is 55.8 Å². The highest BCUT2D eigenvalue weighted by Gasteiger charge is 2.23. The van der Waals surface area contributed by atoms with E-state index in [2.05, 4.69) is 4.72 Å². The van der Waals surface area contributed by atoms with E-state index < -0.39 is 10.0 Å². The molecule has 7 nitrogen and oxygen atoms in total. The van der Waals surface area contributed by atoms with Crippen molar-refractivity contribution in [3.8, 4) is 11.5 Å². The van der Waals surface area contributed by atoms with E-state index in [1.807, 2.05) is 6.92 Å². The van der Waals surface area contributed by atoms with Gasteiger partial charge in [-0.25, -0.2) is 8.42 Å². The summed E-state index contributed by atoms with van der Waals surface area (Å²) < 4.78 is 39.0. The predicted octanol–water partition coefficient (Wildman–Crippen LogP) is 2.66. The second-order valence-corrected chi connectivity index (χ2v) is 7.93. The third-order valence-corrected chi connectivity index (χ3v) is 5.63. The first-order valence-corrected chi connectivity index (χ1v) is 10.1. The standard InChI is InChI=1S/C19H22N2O5S/c1-4-25-17-8-6-15(11-13(17)2)27(23,24)20-14-5-7-18-16(12-14)19(22)21(3)9-10-26-18/h5-8,11-12,20H,4,9-10H2,1-3H3. The van der Waals surface area contributed by atoms with Crippen LogP contribution in [-0.2, 0) is 10.0 Å². The quantitative estimate of drug-likeness (QED) is 0.848. The fraction of sp³-hybridized carbons (Fsp3) is 0.316. The van der Waals surface area contributed by atoms with E-state index in [4.69, 9.17) is 9.47 Å². The molecule has 0 radical (unpaired) electrons. The number of carbonyl (C=O) groups is 1. The van der Waals surface area contributed by atoms with Crippen molar-refractivity contribution < 1.29 is 22.7 Å². The number of carbonyl (C=O) groups excluding carboxylic acids is 1. The van der Waals surface area contributed by atoms with Gasteiger partial charge in [-0.1, -0.05) is 0 Å². The summed E-state index contributed by atoms with van der Waals surface area (Å²) in [6.45, 7) is 5.03. The number of nitrogens with zero attached hydrogens (tertiary/aromatic N) is 1. The monoisotopic (exact) mass is 390 g/mol. The second-order valence-electron chi connectivity index (χ2n) is 6.25. The van der Waals surface area contributed by atoms with Crippen LogP contribution in [0.5, 0.6) is 11.5 Å². The van der Waals surface area contributed by atoms with Crippen molar-refractivity contribution in [2.24, 2.45) is 0 Å². The van der Waals surface area contributed by atoms with E-state index >= 15 is 0 Å². The minimum absolute atomic E-state index is 0.123. The first-order chi connectivity index (χ1) is 12.8. The van der Waals surface area contributed by atoms with Gasteiger partial charge in [0.05, 0.1) is 23.6 Å². The van der Waals surface area contributed by atoms with Crippen LogP contribution < -0.4 is 14.2 Å². The minimum Gasteiger partial charge on any atom is -0.494 e. The maximum atomic E-state index is 12.7. The molecule has 0 aromatic heterocycles. The summed E-state index contributed by atoms with van der Waals surface area (Å²) in [6.07, 6.45) is 0. The molecule has 0 saturated carbocycles. The lowest BCUT2D eigenvalue weighted by Crippen LogP contribution is -2.27. The number of nitrogens with one attached hydrogen (secondary N) is 1. The molecule has 0 unspecified atom stereocenters. The van der Waals surface area contributed by atoms with Crippen LogP contribution in [0.25, 0.3) is 0 Å². The lowest BCUT2D eigenvalue weighted by atomic mass is 10.1. The van der Waals surface area contributed by atoms with Gasteiger partial charge in [0.2, 0.25) is 0 Å². The molecule has 2 aromatic carbocycles. The van der Waals surface area contributed by atoms with Crippen molar-refractivity contribution >= 4 is 21.6 Å². The molecule has 1 heterocycles. The summed E-state index contributed by atoms with van der Waals surface area (Å²) in [4.78, 5) is 14.1. The molecule has 0 fully saturated rings. The Morgan fingerprint density at radius 3 is 2.70 bits per heavy atom. The Balaban J connectivity index is 1.89. The molecule has 0 spiro atoms. The zero-order valence-electron chi connectivity index (χ0n) is 15.5. The highest BCUT2D eigenvalue weighted by molar-refractivity contribution is 7.92. The summed E-state index contributed by atoms with van der Waals surface area (Å²) in [5.41, 5.74) is 1.36. The summed E-state index contributed by atoms with van der Waals surface area (Å²) in [6, 6.07) is 9.37. The molecule has 2 aromatic rings. The largest absolute Gasteiger partial charge is 0.494 e. The Hall–Kier alpha value is -2.74. The highest BCUT2D eigenvalue weighted by atomic mass is 32.2. The topological polar surface area (TPSA) is 84.9 Å². The summed E-state index contributed by atoms with van der Waals surface area (Å²) in [5, 5.41) is 0. The number of ether oxygens (including phenoxy) is 2. The van der Waals surface area contributed by atoms with E-state index in [0.29, 0.717) is 42.5 Å². The van der Waals surface area contributed by atoms with Crippen molar-refractivity contribution in [1.29, 1.82) is 0 Å². The second kappa shape index (κ2) is 7.48. The third kappa shape index (κ3) is 4.00. The normalized spacial score (nSPS) is 14.2. The van der Waals surface area contributed by atoms with Crippen LogP contribution >= 0.6 is 0 Å². The van der Waals surface area contributed by atoms with Crippen molar-refractivity contribution in [2.75, 3.05) is 31.5 Å². The lowest BCUT2D eigenvalue weighted by molar-refractivity contribution is 0.0796. The summed E-state index contributed by atoms with van der Waals surface area (Å²) >= 11 is 0. The summed E-state index contributed by atoms with van der Waals surface area (Å²) in [5.74, 6) is 0.886. The molecule has 0 saturated heterocycles. The average Bonchev–Trinajstić information content (AvgIpc) is 2.76. The van der Waals surface area contributed by atoms with Crippen molar-refractivity contribution in [1.82, 2.24) is 4.90 Å². The molecule has 1 amide bonds. The number of aryl methyl sites for hydroxylation is 1. The number of benzene rings is 2. The fourth-order valence-corrected chi connectivity index (χ4v) is 3.94. The Kier molecular flexibility index (Phi) is 5.27. The highest BCUT2D eigenvalue weighted by Crippen LogP contribution is 2.28. The van der Waals surface area contributed by atoms with Crippen molar-refractivity contribution in [3.05, 3.63) is 47.5 Å². The van der Waals surface area contributed by atoms with E-state index in [-0.39, 0.29) is 10.8 Å². The van der Waals surface area contributed by atoms with Crippen LogP contribution in [-0.4, -0.2) is 46.0 Å². The number of fused-ring (bicyclic) bond motifs is 1. The smallest absolute Gasteiger partial charge is 0.261 e. The number of amides is 1. The van der Waals surface area contributed by atoms with E-state index in [1.165, 1.54) is 12.1 Å². The Labute approximate surface area is 158 Å². The van der Waals surface area contributed by atoms with Gasteiger partial charge >= 0.3 is 0 Å². The van der Waals surface area contributed by atoms with Crippen LogP contribution in [0.1, 0.15) is 22.8 Å². The third-order valence-electron chi connectivity index (χ3n) is 4.25. The Bertz CT molecular complexity index is 972. The number of rotatable bonds is 5. The molecule has 0 aliphatic carbocycles. The lowest BCUT2D eigenvalue weighted by Gasteiger charge is -2.14. The van der Waals surface area contributed by atoms with Gasteiger partial charge in [-0.2, -0.15) is 0 Å². The first-order valence-electron chi connectivity index (χ1n) is 8.60. The molecular weight excluding hydrogens is 368 g/mol. The molecular formula is C19H22N2O5S. The predicted molar refractivity (Wildman–Crippen MR) is 102 cm³/mol. The number of likely N-dealkylation sites (N-methyl/N-ethyl adjacent to an activating group) is 1. The van der Waals surface area contributed by atoms with Gasteiger partial charge in [0.15, 0.2) is 0 Å². The summed E-state index contributed by atoms with van der Waals surface area (Å²) in [7, 11) is -2.12. The number of hydrogen-bond acceptors (Lipinski definition) is 5. The molecule has 144 valence electrons. The maximum absolute atomic E-state index is 12.7. The number of hydrogen-bond donors (Lipinski definition) is 1. The Morgan fingerprint density at radius 1 is 1.22 bits per heavy atom. The van der Waals surface area contributed by atoms with E-state index in [1.54, 1.807) is 43.1 Å². The molecule has 8 heteroatoms. The molecule has 27 heavy (non-hydrogen) atoms. The van der Waals surface area contributed by atoms with Gasteiger partial charge in [0, 0.05) is 12.7 Å². The molecule has 1 aliphatic heterocycles. The van der Waals surface area contributed by atoms with Crippen LogP contribution in [0, 0.1) is 6.92 Å². The van der Waals surface area contributed by atoms with Crippen LogP contribution in [0.2, 0.25) is 0 Å². The fourth-order valence-electron chi connectivity index (χ4n) is 2.81. The van der Waals surface area contributed by atoms with Gasteiger partial charge in [0.1, 0.15) is 18.1 Å². The molecule has 3 rings (SSSR count). The first kappa shape index (κ1) is 19.0. The zero-order valence-corrected chi connectivity index (χ0v) is 16.3. The van der Waals surface area contributed by atoms with Crippen molar-refractivity contribution in [3.63, 3.8) is 0 Å². The SMILES string of the molecule is CCOc1ccc(S(=O)(=O)Nc2ccc3c(c2)C(=O)N(C)CCO3)cc1C. The zero-order chi connectivity index (χ0) is 19.6. The van der Waals surface area contributed by atoms with Crippen molar-refractivity contribution in [2.45, 2.75) is 18.7 Å². The maximum Gasteiger partial charge on any atom is 0.261 e.